The zero-order valence-electron chi connectivity index (χ0n) is 11.5. The third-order valence-electron chi connectivity index (χ3n) is 2.92. The Morgan fingerprint density at radius 1 is 1.05 bits per heavy atom. The predicted molar refractivity (Wildman–Crippen MR) is 76.8 cm³/mol. The number of nitrogens with two attached hydrogens (primary N) is 1. The number of hydrogen-bond donors (Lipinski definition) is 1. The van der Waals surface area contributed by atoms with E-state index in [0.29, 0.717) is 0 Å². The second-order valence-electron chi connectivity index (χ2n) is 4.58. The highest BCUT2D eigenvalue weighted by molar-refractivity contribution is 5.48. The van der Waals surface area contributed by atoms with Gasteiger partial charge >= 0.3 is 0 Å². The summed E-state index contributed by atoms with van der Waals surface area (Å²) < 4.78 is 11.3. The highest BCUT2D eigenvalue weighted by Gasteiger charge is 2.14. The van der Waals surface area contributed by atoms with E-state index in [0.717, 1.165) is 28.4 Å². The first-order chi connectivity index (χ1) is 9.11. The van der Waals surface area contributed by atoms with E-state index in [1.54, 1.807) is 7.11 Å². The minimum Gasteiger partial charge on any atom is -0.496 e. The van der Waals surface area contributed by atoms with Gasteiger partial charge < -0.3 is 15.2 Å². The Balaban J connectivity index is 2.39. The van der Waals surface area contributed by atoms with Crippen LogP contribution in [0.25, 0.3) is 0 Å². The summed E-state index contributed by atoms with van der Waals surface area (Å²) in [4.78, 5) is 0. The highest BCUT2D eigenvalue weighted by atomic mass is 16.5. The van der Waals surface area contributed by atoms with Gasteiger partial charge in [-0.1, -0.05) is 18.2 Å². The van der Waals surface area contributed by atoms with Gasteiger partial charge in [0.15, 0.2) is 0 Å². The molecule has 0 aliphatic heterocycles. The van der Waals surface area contributed by atoms with E-state index in [-0.39, 0.29) is 6.04 Å². The lowest BCUT2D eigenvalue weighted by Gasteiger charge is -2.17. The van der Waals surface area contributed by atoms with E-state index >= 15 is 0 Å². The van der Waals surface area contributed by atoms with Gasteiger partial charge in [-0.05, 0) is 43.7 Å². The maximum atomic E-state index is 6.01. The smallest absolute Gasteiger partial charge is 0.135 e. The van der Waals surface area contributed by atoms with E-state index in [1.165, 1.54) is 0 Å². The number of hydrogen-bond acceptors (Lipinski definition) is 3. The number of methoxy groups -OCH3 is 1. The van der Waals surface area contributed by atoms with Gasteiger partial charge in [0, 0.05) is 6.04 Å². The number of ether oxygens (including phenoxy) is 2. The topological polar surface area (TPSA) is 44.5 Å². The van der Waals surface area contributed by atoms with Crippen molar-refractivity contribution in [1.82, 2.24) is 0 Å². The van der Waals surface area contributed by atoms with E-state index in [2.05, 4.69) is 0 Å². The van der Waals surface area contributed by atoms with Crippen LogP contribution in [0.4, 0.5) is 0 Å². The average Bonchev–Trinajstić information content (AvgIpc) is 2.38. The molecule has 0 unspecified atom stereocenters. The molecule has 100 valence electrons. The molecule has 19 heavy (non-hydrogen) atoms. The van der Waals surface area contributed by atoms with Crippen LogP contribution in [0.2, 0.25) is 0 Å². The van der Waals surface area contributed by atoms with Crippen molar-refractivity contribution in [3.63, 3.8) is 0 Å². The molecule has 0 radical (unpaired) electrons. The molecule has 0 aliphatic rings. The first-order valence-corrected chi connectivity index (χ1v) is 6.29. The fraction of sp³-hybridized carbons (Fsp3) is 0.250. The fourth-order valence-electron chi connectivity index (χ4n) is 2.05. The fourth-order valence-corrected chi connectivity index (χ4v) is 2.05. The minimum absolute atomic E-state index is 0.157. The summed E-state index contributed by atoms with van der Waals surface area (Å²) in [6.45, 7) is 3.95. The van der Waals surface area contributed by atoms with Crippen LogP contribution in [0.1, 0.15) is 24.1 Å². The van der Waals surface area contributed by atoms with Crippen molar-refractivity contribution in [3.8, 4) is 17.2 Å². The molecule has 0 aliphatic carbocycles. The third-order valence-corrected chi connectivity index (χ3v) is 2.92. The summed E-state index contributed by atoms with van der Waals surface area (Å²) in [6.07, 6.45) is 0. The maximum Gasteiger partial charge on any atom is 0.135 e. The van der Waals surface area contributed by atoms with Crippen LogP contribution < -0.4 is 15.2 Å². The van der Waals surface area contributed by atoms with Crippen LogP contribution in [0.5, 0.6) is 17.2 Å². The highest BCUT2D eigenvalue weighted by Crippen LogP contribution is 2.35. The summed E-state index contributed by atoms with van der Waals surface area (Å²) in [7, 11) is 1.64. The predicted octanol–water partition coefficient (Wildman–Crippen LogP) is 3.82. The Kier molecular flexibility index (Phi) is 4.07. The summed E-state index contributed by atoms with van der Waals surface area (Å²) in [5.74, 6) is 2.29. The first kappa shape index (κ1) is 13.4. The van der Waals surface area contributed by atoms with Gasteiger partial charge in [0.2, 0.25) is 0 Å². The molecule has 0 amide bonds. The quantitative estimate of drug-likeness (QED) is 0.905. The van der Waals surface area contributed by atoms with Crippen molar-refractivity contribution in [2.45, 2.75) is 19.9 Å². The summed E-state index contributed by atoms with van der Waals surface area (Å²) in [5.41, 5.74) is 8.05. The first-order valence-electron chi connectivity index (χ1n) is 6.29. The lowest BCUT2D eigenvalue weighted by molar-refractivity contribution is 0.397. The van der Waals surface area contributed by atoms with E-state index in [4.69, 9.17) is 15.2 Å². The minimum atomic E-state index is -0.157. The van der Waals surface area contributed by atoms with Crippen LogP contribution >= 0.6 is 0 Å². The van der Waals surface area contributed by atoms with Crippen molar-refractivity contribution in [2.75, 3.05) is 7.11 Å². The molecule has 0 bridgehead atoms. The average molecular weight is 257 g/mol. The van der Waals surface area contributed by atoms with Gasteiger partial charge in [0.05, 0.1) is 12.7 Å². The number of benzene rings is 2. The van der Waals surface area contributed by atoms with Gasteiger partial charge in [0.1, 0.15) is 17.2 Å². The second kappa shape index (κ2) is 5.76. The monoisotopic (exact) mass is 257 g/mol. The molecule has 0 heterocycles. The number of rotatable bonds is 4. The van der Waals surface area contributed by atoms with Crippen molar-refractivity contribution >= 4 is 0 Å². The van der Waals surface area contributed by atoms with E-state index in [9.17, 15) is 0 Å². The lowest BCUT2D eigenvalue weighted by Crippen LogP contribution is -2.08. The Bertz CT molecular complexity index is 564. The number of aryl methyl sites for hydroxylation is 1. The SMILES string of the molecule is COc1cccc(Oc2cccc(C)c2)c1[C@@H](C)N. The van der Waals surface area contributed by atoms with Crippen LogP contribution in [0, 0.1) is 6.92 Å². The zero-order chi connectivity index (χ0) is 13.8. The molecular formula is C16H19NO2. The van der Waals surface area contributed by atoms with Gasteiger partial charge in [-0.25, -0.2) is 0 Å². The molecule has 0 aromatic heterocycles. The lowest BCUT2D eigenvalue weighted by atomic mass is 10.1. The molecule has 0 saturated heterocycles. The zero-order valence-corrected chi connectivity index (χ0v) is 11.5. The van der Waals surface area contributed by atoms with E-state index in [1.807, 2.05) is 56.3 Å². The van der Waals surface area contributed by atoms with Gasteiger partial charge in [-0.15, -0.1) is 0 Å². The standard InChI is InChI=1S/C16H19NO2/c1-11-6-4-7-13(10-11)19-15-9-5-8-14(18-3)16(15)12(2)17/h4-10,12H,17H2,1-3H3/t12-/m1/s1. The molecule has 0 spiro atoms. The Morgan fingerprint density at radius 3 is 2.37 bits per heavy atom. The normalized spacial score (nSPS) is 12.0. The molecule has 0 fully saturated rings. The summed E-state index contributed by atoms with van der Waals surface area (Å²) in [6, 6.07) is 13.5. The molecule has 0 saturated carbocycles. The summed E-state index contributed by atoms with van der Waals surface area (Å²) in [5, 5.41) is 0. The third kappa shape index (κ3) is 3.06. The maximum absolute atomic E-state index is 6.01. The Labute approximate surface area is 114 Å². The Morgan fingerprint density at radius 2 is 1.74 bits per heavy atom. The second-order valence-corrected chi connectivity index (χ2v) is 4.58. The van der Waals surface area contributed by atoms with Gasteiger partial charge in [-0.2, -0.15) is 0 Å². The molecule has 2 aromatic carbocycles. The van der Waals surface area contributed by atoms with Gasteiger partial charge in [-0.3, -0.25) is 0 Å². The van der Waals surface area contributed by atoms with Crippen molar-refractivity contribution in [3.05, 3.63) is 53.6 Å². The van der Waals surface area contributed by atoms with Crippen molar-refractivity contribution in [1.29, 1.82) is 0 Å². The molecular weight excluding hydrogens is 238 g/mol. The molecule has 2 rings (SSSR count). The van der Waals surface area contributed by atoms with Crippen LogP contribution in [0.15, 0.2) is 42.5 Å². The largest absolute Gasteiger partial charge is 0.496 e. The van der Waals surface area contributed by atoms with Crippen molar-refractivity contribution < 1.29 is 9.47 Å². The molecule has 3 heteroatoms. The van der Waals surface area contributed by atoms with Crippen LogP contribution in [-0.4, -0.2) is 7.11 Å². The van der Waals surface area contributed by atoms with Crippen LogP contribution in [-0.2, 0) is 0 Å². The van der Waals surface area contributed by atoms with E-state index < -0.39 is 0 Å². The molecule has 3 nitrogen and oxygen atoms in total. The molecule has 2 aromatic rings. The summed E-state index contributed by atoms with van der Waals surface area (Å²) >= 11 is 0. The molecule has 1 atom stereocenters. The molecule has 2 N–H and O–H groups in total. The van der Waals surface area contributed by atoms with Gasteiger partial charge in [0.25, 0.3) is 0 Å². The Hall–Kier alpha value is -2.00. The van der Waals surface area contributed by atoms with Crippen molar-refractivity contribution in [2.24, 2.45) is 5.73 Å². The van der Waals surface area contributed by atoms with Crippen LogP contribution in [0.3, 0.4) is 0 Å².